The van der Waals surface area contributed by atoms with Gasteiger partial charge in [0, 0.05) is 18.0 Å². The van der Waals surface area contributed by atoms with E-state index in [2.05, 4.69) is 62.3 Å². The third-order valence-electron chi connectivity index (χ3n) is 7.32. The van der Waals surface area contributed by atoms with Crippen molar-refractivity contribution in [3.8, 4) is 16.9 Å². The minimum atomic E-state index is 0.536. The van der Waals surface area contributed by atoms with Crippen molar-refractivity contribution in [2.45, 2.75) is 97.3 Å². The van der Waals surface area contributed by atoms with Gasteiger partial charge in [0.25, 0.3) is 0 Å². The number of rotatable bonds is 12. The van der Waals surface area contributed by atoms with Gasteiger partial charge in [-0.15, -0.1) is 0 Å². The van der Waals surface area contributed by atoms with Crippen LogP contribution in [0.25, 0.3) is 11.1 Å². The number of hydrogen-bond acceptors (Lipinski definition) is 2. The van der Waals surface area contributed by atoms with Gasteiger partial charge in [0.2, 0.25) is 0 Å². The second kappa shape index (κ2) is 12.9. The zero-order valence-electron chi connectivity index (χ0n) is 20.1. The lowest BCUT2D eigenvalue weighted by Crippen LogP contribution is -2.19. The first-order chi connectivity index (χ1) is 15.2. The van der Waals surface area contributed by atoms with Gasteiger partial charge < -0.3 is 4.74 Å². The highest BCUT2D eigenvalue weighted by Crippen LogP contribution is 2.43. The topological polar surface area (TPSA) is 22.1 Å². The Morgan fingerprint density at radius 2 is 1.68 bits per heavy atom. The molecule has 170 valence electrons. The lowest BCUT2D eigenvalue weighted by atomic mass is 9.72. The van der Waals surface area contributed by atoms with Gasteiger partial charge in [-0.1, -0.05) is 90.3 Å². The molecule has 31 heavy (non-hydrogen) atoms. The van der Waals surface area contributed by atoms with Crippen molar-refractivity contribution in [1.29, 1.82) is 0 Å². The van der Waals surface area contributed by atoms with Crippen molar-refractivity contribution < 1.29 is 4.74 Å². The second-order valence-electron chi connectivity index (χ2n) is 9.58. The second-order valence-corrected chi connectivity index (χ2v) is 9.58. The number of pyridine rings is 1. The van der Waals surface area contributed by atoms with E-state index in [0.717, 1.165) is 30.6 Å². The Bertz CT molecular complexity index is 763. The number of para-hydroxylation sites is 1. The third-order valence-corrected chi connectivity index (χ3v) is 7.32. The van der Waals surface area contributed by atoms with Crippen LogP contribution < -0.4 is 4.74 Å². The van der Waals surface area contributed by atoms with E-state index >= 15 is 0 Å². The van der Waals surface area contributed by atoms with Crippen molar-refractivity contribution in [3.05, 3.63) is 48.3 Å². The molecule has 2 nitrogen and oxygen atoms in total. The Balaban J connectivity index is 1.70. The highest BCUT2D eigenvalue weighted by atomic mass is 16.5. The average molecular weight is 422 g/mol. The molecule has 0 N–H and O–H groups in total. The Morgan fingerprint density at radius 3 is 2.45 bits per heavy atom. The molecule has 2 heteroatoms. The van der Waals surface area contributed by atoms with Gasteiger partial charge in [-0.3, -0.25) is 4.98 Å². The molecule has 0 radical (unpaired) electrons. The SMILES string of the molecule is CCCCCCCOc1ccccc1-c1ccncc1C(C)C1CCC(CCC)CC1. The fourth-order valence-electron chi connectivity index (χ4n) is 5.36. The molecule has 0 saturated heterocycles. The standard InChI is InChI=1S/C29H43NO/c1-4-6-7-8-11-21-31-29-14-10-9-13-27(29)26-19-20-30-22-28(26)23(3)25-17-15-24(12-5-2)16-18-25/h9-10,13-14,19-20,22-25H,4-8,11-12,15-18,21H2,1-3H3. The minimum absolute atomic E-state index is 0.536. The van der Waals surface area contributed by atoms with Crippen molar-refractivity contribution in [3.63, 3.8) is 0 Å². The smallest absolute Gasteiger partial charge is 0.127 e. The van der Waals surface area contributed by atoms with Gasteiger partial charge >= 0.3 is 0 Å². The molecular formula is C29H43NO. The normalized spacial score (nSPS) is 19.8. The number of aromatic nitrogens is 1. The molecule has 3 rings (SSSR count). The summed E-state index contributed by atoms with van der Waals surface area (Å²) in [5.74, 6) is 3.27. The van der Waals surface area contributed by atoms with Gasteiger partial charge in [0.05, 0.1) is 6.61 Å². The van der Waals surface area contributed by atoms with E-state index in [4.69, 9.17) is 4.74 Å². The lowest BCUT2D eigenvalue weighted by Gasteiger charge is -2.33. The number of hydrogen-bond donors (Lipinski definition) is 0. The number of unbranched alkanes of at least 4 members (excludes halogenated alkanes) is 4. The zero-order chi connectivity index (χ0) is 21.9. The molecule has 0 spiro atoms. The van der Waals surface area contributed by atoms with Crippen molar-refractivity contribution in [2.75, 3.05) is 6.61 Å². The van der Waals surface area contributed by atoms with E-state index < -0.39 is 0 Å². The molecule has 1 heterocycles. The van der Waals surface area contributed by atoms with Crippen LogP contribution in [0.3, 0.4) is 0 Å². The maximum atomic E-state index is 6.27. The van der Waals surface area contributed by atoms with E-state index in [9.17, 15) is 0 Å². The van der Waals surface area contributed by atoms with Crippen molar-refractivity contribution >= 4 is 0 Å². The Labute approximate surface area is 190 Å². The van der Waals surface area contributed by atoms with Gasteiger partial charge in [0.15, 0.2) is 0 Å². The van der Waals surface area contributed by atoms with Gasteiger partial charge in [-0.2, -0.15) is 0 Å². The van der Waals surface area contributed by atoms with E-state index in [1.807, 2.05) is 6.20 Å². The minimum Gasteiger partial charge on any atom is -0.493 e. The summed E-state index contributed by atoms with van der Waals surface area (Å²) in [6.45, 7) is 7.80. The zero-order valence-corrected chi connectivity index (χ0v) is 20.1. The predicted octanol–water partition coefficient (Wildman–Crippen LogP) is 8.81. The van der Waals surface area contributed by atoms with E-state index in [1.54, 1.807) is 0 Å². The van der Waals surface area contributed by atoms with Crippen molar-refractivity contribution in [2.24, 2.45) is 11.8 Å². The van der Waals surface area contributed by atoms with Crippen LogP contribution in [-0.2, 0) is 0 Å². The van der Waals surface area contributed by atoms with Crippen LogP contribution in [0.15, 0.2) is 42.7 Å². The quantitative estimate of drug-likeness (QED) is 0.319. The highest BCUT2D eigenvalue weighted by Gasteiger charge is 2.27. The first kappa shape index (κ1) is 23.8. The van der Waals surface area contributed by atoms with Crippen LogP contribution in [-0.4, -0.2) is 11.6 Å². The van der Waals surface area contributed by atoms with Crippen molar-refractivity contribution in [1.82, 2.24) is 4.98 Å². The number of nitrogens with zero attached hydrogens (tertiary/aromatic N) is 1. The molecule has 1 aliphatic rings. The summed E-state index contributed by atoms with van der Waals surface area (Å²) in [4.78, 5) is 4.52. The Kier molecular flexibility index (Phi) is 9.90. The molecular weight excluding hydrogens is 378 g/mol. The molecule has 1 unspecified atom stereocenters. The summed E-state index contributed by atoms with van der Waals surface area (Å²) in [6.07, 6.45) is 18.6. The summed E-state index contributed by atoms with van der Waals surface area (Å²) in [7, 11) is 0. The van der Waals surface area contributed by atoms with E-state index in [-0.39, 0.29) is 0 Å². The Hall–Kier alpha value is -1.83. The van der Waals surface area contributed by atoms with E-state index in [0.29, 0.717) is 5.92 Å². The number of ether oxygens (including phenoxy) is 1. The van der Waals surface area contributed by atoms with Gasteiger partial charge in [-0.25, -0.2) is 0 Å². The molecule has 1 aromatic heterocycles. The molecule has 1 atom stereocenters. The van der Waals surface area contributed by atoms with Crippen LogP contribution in [0.1, 0.15) is 103 Å². The molecule has 1 fully saturated rings. The summed E-state index contributed by atoms with van der Waals surface area (Å²) < 4.78 is 6.27. The molecule has 0 aliphatic heterocycles. The van der Waals surface area contributed by atoms with Crippen LogP contribution in [0.4, 0.5) is 0 Å². The first-order valence-corrected chi connectivity index (χ1v) is 12.9. The first-order valence-electron chi connectivity index (χ1n) is 12.9. The molecule has 0 amide bonds. The highest BCUT2D eigenvalue weighted by molar-refractivity contribution is 5.73. The molecule has 1 aliphatic carbocycles. The van der Waals surface area contributed by atoms with Crippen LogP contribution in [0, 0.1) is 11.8 Å². The summed E-state index contributed by atoms with van der Waals surface area (Å²) in [6, 6.07) is 10.8. The summed E-state index contributed by atoms with van der Waals surface area (Å²) in [5.41, 5.74) is 3.92. The summed E-state index contributed by atoms with van der Waals surface area (Å²) >= 11 is 0. The third kappa shape index (κ3) is 6.82. The molecule has 1 saturated carbocycles. The monoisotopic (exact) mass is 421 g/mol. The number of benzene rings is 1. The molecule has 0 bridgehead atoms. The van der Waals surface area contributed by atoms with Crippen LogP contribution in [0.5, 0.6) is 5.75 Å². The molecule has 2 aromatic rings. The average Bonchev–Trinajstić information content (AvgIpc) is 2.82. The van der Waals surface area contributed by atoms with Gasteiger partial charge in [-0.05, 0) is 60.3 Å². The van der Waals surface area contributed by atoms with Crippen LogP contribution >= 0.6 is 0 Å². The van der Waals surface area contributed by atoms with E-state index in [1.165, 1.54) is 80.9 Å². The van der Waals surface area contributed by atoms with Gasteiger partial charge in [0.1, 0.15) is 5.75 Å². The largest absolute Gasteiger partial charge is 0.493 e. The Morgan fingerprint density at radius 1 is 0.903 bits per heavy atom. The lowest BCUT2D eigenvalue weighted by molar-refractivity contribution is 0.239. The fourth-order valence-corrected chi connectivity index (χ4v) is 5.36. The fraction of sp³-hybridized carbons (Fsp3) is 0.621. The van der Waals surface area contributed by atoms with Crippen LogP contribution in [0.2, 0.25) is 0 Å². The maximum absolute atomic E-state index is 6.27. The summed E-state index contributed by atoms with van der Waals surface area (Å²) in [5, 5.41) is 0. The maximum Gasteiger partial charge on any atom is 0.127 e. The molecule has 1 aromatic carbocycles. The predicted molar refractivity (Wildman–Crippen MR) is 133 cm³/mol.